The fourth-order valence-electron chi connectivity index (χ4n) is 1.78. The van der Waals surface area contributed by atoms with Crippen molar-refractivity contribution in [3.05, 3.63) is 29.3 Å². The number of ether oxygens (including phenoxy) is 1. The Labute approximate surface area is 107 Å². The molecule has 0 aliphatic carbocycles. The molecule has 0 heterocycles. The van der Waals surface area contributed by atoms with E-state index in [9.17, 15) is 8.78 Å². The van der Waals surface area contributed by atoms with Crippen molar-refractivity contribution in [2.45, 2.75) is 32.1 Å². The average molecular weight is 257 g/mol. The Balaban J connectivity index is 3.31. The molecule has 0 amide bonds. The SMILES string of the molecule is CNCC(F)(F)c1cc(C(C)(C)C)ccc1OC. The standard InChI is InChI=1S/C14H21F2NO/c1-13(2,3)10-6-7-12(18-5)11(8-10)14(15,16)9-17-4/h6-8,17H,9H2,1-5H3. The van der Waals surface area contributed by atoms with Gasteiger partial charge in [-0.15, -0.1) is 0 Å². The number of rotatable bonds is 4. The molecule has 0 fully saturated rings. The molecule has 0 aliphatic heterocycles. The lowest BCUT2D eigenvalue weighted by molar-refractivity contribution is -0.00353. The molecular formula is C14H21F2NO. The highest BCUT2D eigenvalue weighted by molar-refractivity contribution is 5.42. The van der Waals surface area contributed by atoms with Gasteiger partial charge in [0.15, 0.2) is 0 Å². The van der Waals surface area contributed by atoms with Crippen LogP contribution in [0.5, 0.6) is 5.75 Å². The Morgan fingerprint density at radius 1 is 1.22 bits per heavy atom. The molecule has 0 aromatic heterocycles. The van der Waals surface area contributed by atoms with Crippen LogP contribution in [-0.2, 0) is 11.3 Å². The first-order valence-corrected chi connectivity index (χ1v) is 5.94. The van der Waals surface area contributed by atoms with Crippen LogP contribution in [0.1, 0.15) is 31.9 Å². The first kappa shape index (κ1) is 14.9. The number of halogens is 2. The third-order valence-corrected chi connectivity index (χ3v) is 2.86. The topological polar surface area (TPSA) is 21.3 Å². The molecule has 0 radical (unpaired) electrons. The van der Waals surface area contributed by atoms with Gasteiger partial charge in [0, 0.05) is 0 Å². The molecular weight excluding hydrogens is 236 g/mol. The zero-order chi connectivity index (χ0) is 14.0. The Hall–Kier alpha value is -1.16. The van der Waals surface area contributed by atoms with E-state index < -0.39 is 12.5 Å². The molecule has 18 heavy (non-hydrogen) atoms. The minimum absolute atomic E-state index is 0.0632. The summed E-state index contributed by atoms with van der Waals surface area (Å²) in [6, 6.07) is 4.98. The van der Waals surface area contributed by atoms with Crippen molar-refractivity contribution in [2.24, 2.45) is 0 Å². The van der Waals surface area contributed by atoms with Crippen molar-refractivity contribution in [3.63, 3.8) is 0 Å². The first-order chi connectivity index (χ1) is 8.22. The van der Waals surface area contributed by atoms with E-state index in [1.807, 2.05) is 26.8 Å². The number of nitrogens with one attached hydrogen (secondary N) is 1. The zero-order valence-electron chi connectivity index (χ0n) is 11.6. The van der Waals surface area contributed by atoms with Crippen molar-refractivity contribution in [1.29, 1.82) is 0 Å². The summed E-state index contributed by atoms with van der Waals surface area (Å²) in [6.45, 7) is 5.58. The minimum Gasteiger partial charge on any atom is -0.496 e. The molecule has 0 saturated heterocycles. The molecule has 2 nitrogen and oxygen atoms in total. The Bertz CT molecular complexity index is 411. The lowest BCUT2D eigenvalue weighted by Gasteiger charge is -2.24. The summed E-state index contributed by atoms with van der Waals surface area (Å²) < 4.78 is 33.1. The quantitative estimate of drug-likeness (QED) is 0.893. The highest BCUT2D eigenvalue weighted by Crippen LogP contribution is 2.37. The molecule has 0 unspecified atom stereocenters. The van der Waals surface area contributed by atoms with Gasteiger partial charge in [0.05, 0.1) is 19.2 Å². The van der Waals surface area contributed by atoms with Crippen LogP contribution in [0.3, 0.4) is 0 Å². The zero-order valence-corrected chi connectivity index (χ0v) is 11.6. The molecule has 0 bridgehead atoms. The van der Waals surface area contributed by atoms with E-state index in [0.717, 1.165) is 5.56 Å². The first-order valence-electron chi connectivity index (χ1n) is 5.94. The average Bonchev–Trinajstić information content (AvgIpc) is 2.27. The second-order valence-electron chi connectivity index (χ2n) is 5.40. The van der Waals surface area contributed by atoms with Crippen LogP contribution in [0.2, 0.25) is 0 Å². The van der Waals surface area contributed by atoms with E-state index >= 15 is 0 Å². The molecule has 1 aromatic rings. The van der Waals surface area contributed by atoms with Crippen LogP contribution in [0.15, 0.2) is 18.2 Å². The van der Waals surface area contributed by atoms with Gasteiger partial charge < -0.3 is 10.1 Å². The number of benzene rings is 1. The summed E-state index contributed by atoms with van der Waals surface area (Å²) in [5, 5.41) is 2.51. The monoisotopic (exact) mass is 257 g/mol. The van der Waals surface area contributed by atoms with Crippen molar-refractivity contribution in [2.75, 3.05) is 20.7 Å². The predicted octanol–water partition coefficient (Wildman–Crippen LogP) is 3.30. The Morgan fingerprint density at radius 3 is 2.28 bits per heavy atom. The second kappa shape index (κ2) is 5.22. The molecule has 1 N–H and O–H groups in total. The largest absolute Gasteiger partial charge is 0.496 e. The van der Waals surface area contributed by atoms with E-state index in [0.29, 0.717) is 0 Å². The molecule has 4 heteroatoms. The summed E-state index contributed by atoms with van der Waals surface area (Å²) in [4.78, 5) is 0. The van der Waals surface area contributed by atoms with E-state index in [1.54, 1.807) is 6.07 Å². The van der Waals surface area contributed by atoms with Crippen molar-refractivity contribution >= 4 is 0 Å². The van der Waals surface area contributed by atoms with Crippen LogP contribution in [0.25, 0.3) is 0 Å². The fourth-order valence-corrected chi connectivity index (χ4v) is 1.78. The van der Waals surface area contributed by atoms with Crippen molar-refractivity contribution in [3.8, 4) is 5.75 Å². The summed E-state index contributed by atoms with van der Waals surface area (Å²) in [5.74, 6) is -2.72. The van der Waals surface area contributed by atoms with E-state index in [-0.39, 0.29) is 16.7 Å². The molecule has 1 aromatic carbocycles. The normalized spacial score (nSPS) is 12.6. The van der Waals surface area contributed by atoms with Gasteiger partial charge in [-0.05, 0) is 30.2 Å². The maximum absolute atomic E-state index is 14.0. The molecule has 0 spiro atoms. The molecule has 0 saturated carbocycles. The van der Waals surface area contributed by atoms with Gasteiger partial charge >= 0.3 is 0 Å². The van der Waals surface area contributed by atoms with Gasteiger partial charge in [-0.3, -0.25) is 0 Å². The van der Waals surface area contributed by atoms with Gasteiger partial charge in [-0.2, -0.15) is 8.78 Å². The van der Waals surface area contributed by atoms with Crippen LogP contribution >= 0.6 is 0 Å². The second-order valence-corrected chi connectivity index (χ2v) is 5.40. The number of likely N-dealkylation sites (N-methyl/N-ethyl adjacent to an activating group) is 1. The van der Waals surface area contributed by atoms with Gasteiger partial charge in [0.2, 0.25) is 0 Å². The van der Waals surface area contributed by atoms with Crippen LogP contribution in [-0.4, -0.2) is 20.7 Å². The van der Waals surface area contributed by atoms with Gasteiger partial charge in [0.1, 0.15) is 5.75 Å². The number of hydrogen-bond donors (Lipinski definition) is 1. The van der Waals surface area contributed by atoms with Crippen LogP contribution in [0, 0.1) is 0 Å². The smallest absolute Gasteiger partial charge is 0.288 e. The van der Waals surface area contributed by atoms with Crippen LogP contribution in [0.4, 0.5) is 8.78 Å². The fraction of sp³-hybridized carbons (Fsp3) is 0.571. The van der Waals surface area contributed by atoms with Crippen molar-refractivity contribution < 1.29 is 13.5 Å². The highest BCUT2D eigenvalue weighted by atomic mass is 19.3. The van der Waals surface area contributed by atoms with E-state index in [4.69, 9.17) is 4.74 Å². The molecule has 102 valence electrons. The summed E-state index contributed by atoms with van der Waals surface area (Å²) >= 11 is 0. The van der Waals surface area contributed by atoms with E-state index in [2.05, 4.69) is 5.32 Å². The molecule has 0 atom stereocenters. The number of hydrogen-bond acceptors (Lipinski definition) is 2. The van der Waals surface area contributed by atoms with Gasteiger partial charge in [0.25, 0.3) is 5.92 Å². The molecule has 1 rings (SSSR count). The summed E-state index contributed by atoms with van der Waals surface area (Å²) in [5.41, 5.74) is 0.636. The third kappa shape index (κ3) is 3.19. The molecule has 0 aliphatic rings. The lowest BCUT2D eigenvalue weighted by atomic mass is 9.85. The Morgan fingerprint density at radius 2 is 1.83 bits per heavy atom. The van der Waals surface area contributed by atoms with Crippen molar-refractivity contribution in [1.82, 2.24) is 5.32 Å². The minimum atomic E-state index is -2.94. The van der Waals surface area contributed by atoms with E-state index in [1.165, 1.54) is 20.2 Å². The predicted molar refractivity (Wildman–Crippen MR) is 69.5 cm³/mol. The summed E-state index contributed by atoms with van der Waals surface area (Å²) in [6.07, 6.45) is 0. The maximum atomic E-state index is 14.0. The Kier molecular flexibility index (Phi) is 4.32. The lowest BCUT2D eigenvalue weighted by Crippen LogP contribution is -2.29. The van der Waals surface area contributed by atoms with Crippen LogP contribution < -0.4 is 10.1 Å². The summed E-state index contributed by atoms with van der Waals surface area (Å²) in [7, 11) is 2.92. The van der Waals surface area contributed by atoms with Gasteiger partial charge in [-0.25, -0.2) is 0 Å². The number of alkyl halides is 2. The highest BCUT2D eigenvalue weighted by Gasteiger charge is 2.35. The maximum Gasteiger partial charge on any atom is 0.288 e. The third-order valence-electron chi connectivity index (χ3n) is 2.86. The number of methoxy groups -OCH3 is 1. The van der Waals surface area contributed by atoms with Gasteiger partial charge in [-0.1, -0.05) is 26.8 Å².